The summed E-state index contributed by atoms with van der Waals surface area (Å²) in [6.45, 7) is 5.92. The molecule has 1 N–H and O–H groups in total. The predicted octanol–water partition coefficient (Wildman–Crippen LogP) is 4.58. The van der Waals surface area contributed by atoms with Crippen LogP contribution in [-0.4, -0.2) is 37.1 Å². The molecule has 0 bridgehead atoms. The summed E-state index contributed by atoms with van der Waals surface area (Å²) in [6, 6.07) is 20.0. The van der Waals surface area contributed by atoms with E-state index < -0.39 is 0 Å². The van der Waals surface area contributed by atoms with Crippen molar-refractivity contribution in [3.05, 3.63) is 89.7 Å². The van der Waals surface area contributed by atoms with Gasteiger partial charge >= 0.3 is 0 Å². The first kappa shape index (κ1) is 22.4. The first-order chi connectivity index (χ1) is 16.0. The first-order valence-corrected chi connectivity index (χ1v) is 11.5. The van der Waals surface area contributed by atoms with Gasteiger partial charge < -0.3 is 0 Å². The number of hydrazone groups is 1. The van der Waals surface area contributed by atoms with Crippen molar-refractivity contribution in [3.63, 3.8) is 0 Å². The van der Waals surface area contributed by atoms with E-state index in [0.717, 1.165) is 22.6 Å². The molecule has 0 aliphatic carbocycles. The highest BCUT2D eigenvalue weighted by Crippen LogP contribution is 2.28. The Hall–Kier alpha value is -3.78. The monoisotopic (exact) mass is 456 g/mol. The molecule has 0 spiro atoms. The Morgan fingerprint density at radius 2 is 1.70 bits per heavy atom. The van der Waals surface area contributed by atoms with Crippen molar-refractivity contribution in [2.75, 3.05) is 5.75 Å². The number of aromatic nitrogens is 4. The van der Waals surface area contributed by atoms with Crippen LogP contribution in [0.2, 0.25) is 0 Å². The van der Waals surface area contributed by atoms with Crippen LogP contribution in [0, 0.1) is 13.8 Å². The molecule has 0 aliphatic heterocycles. The summed E-state index contributed by atoms with van der Waals surface area (Å²) in [4.78, 5) is 16.5. The maximum Gasteiger partial charge on any atom is 0.250 e. The quantitative estimate of drug-likeness (QED) is 0.250. The third kappa shape index (κ3) is 5.53. The number of carbonyl (C=O) groups is 1. The van der Waals surface area contributed by atoms with E-state index >= 15 is 0 Å². The standard InChI is InChI=1S/C25H24N6OS/c1-17-6-10-20(11-7-17)24-29-30-25(31(24)22-12-8-18(2)9-13-22)33-16-23(32)28-27-19(3)21-5-4-14-26-15-21/h4-15H,16H2,1-3H3,(H,28,32)/b27-19+. The Kier molecular flexibility index (Phi) is 6.95. The minimum Gasteiger partial charge on any atom is -0.272 e. The fourth-order valence-electron chi connectivity index (χ4n) is 3.13. The topological polar surface area (TPSA) is 85.1 Å². The normalized spacial score (nSPS) is 11.4. The second-order valence-corrected chi connectivity index (χ2v) is 8.55. The molecule has 1 amide bonds. The van der Waals surface area contributed by atoms with Gasteiger partial charge in [0, 0.05) is 29.2 Å². The molecule has 0 unspecified atom stereocenters. The maximum absolute atomic E-state index is 12.4. The Morgan fingerprint density at radius 1 is 1.00 bits per heavy atom. The van der Waals surface area contributed by atoms with Crippen molar-refractivity contribution in [2.24, 2.45) is 5.10 Å². The van der Waals surface area contributed by atoms with Crippen molar-refractivity contribution in [2.45, 2.75) is 25.9 Å². The summed E-state index contributed by atoms with van der Waals surface area (Å²) in [7, 11) is 0. The van der Waals surface area contributed by atoms with E-state index in [1.807, 2.05) is 86.0 Å². The van der Waals surface area contributed by atoms with Crippen LogP contribution in [0.3, 0.4) is 0 Å². The molecule has 2 aromatic heterocycles. The van der Waals surface area contributed by atoms with Gasteiger partial charge in [-0.2, -0.15) is 5.10 Å². The van der Waals surface area contributed by atoms with Crippen LogP contribution < -0.4 is 5.43 Å². The molecule has 4 rings (SSSR count). The number of amides is 1. The van der Waals surface area contributed by atoms with E-state index in [1.165, 1.54) is 22.9 Å². The smallest absolute Gasteiger partial charge is 0.250 e. The van der Waals surface area contributed by atoms with Crippen LogP contribution in [0.25, 0.3) is 17.1 Å². The average Bonchev–Trinajstić information content (AvgIpc) is 3.26. The largest absolute Gasteiger partial charge is 0.272 e. The van der Waals surface area contributed by atoms with Gasteiger partial charge in [0.25, 0.3) is 5.91 Å². The zero-order chi connectivity index (χ0) is 23.2. The molecule has 0 fully saturated rings. The third-order valence-corrected chi connectivity index (χ3v) is 5.92. The third-order valence-electron chi connectivity index (χ3n) is 5.00. The van der Waals surface area contributed by atoms with Gasteiger partial charge in [0.1, 0.15) is 0 Å². The molecular formula is C25H24N6OS. The van der Waals surface area contributed by atoms with Gasteiger partial charge in [-0.3, -0.25) is 14.3 Å². The van der Waals surface area contributed by atoms with Crippen molar-refractivity contribution < 1.29 is 4.79 Å². The van der Waals surface area contributed by atoms with Gasteiger partial charge in [-0.05, 0) is 39.0 Å². The number of nitrogens with zero attached hydrogens (tertiary/aromatic N) is 5. The number of aryl methyl sites for hydroxylation is 2. The summed E-state index contributed by atoms with van der Waals surface area (Å²) < 4.78 is 1.98. The minimum atomic E-state index is -0.224. The van der Waals surface area contributed by atoms with Gasteiger partial charge in [0.05, 0.1) is 11.5 Å². The Labute approximate surface area is 197 Å². The van der Waals surface area contributed by atoms with Crippen LogP contribution in [0.5, 0.6) is 0 Å². The van der Waals surface area contributed by atoms with Crippen LogP contribution in [-0.2, 0) is 4.79 Å². The lowest BCUT2D eigenvalue weighted by molar-refractivity contribution is -0.118. The van der Waals surface area contributed by atoms with Gasteiger partial charge in [0.15, 0.2) is 11.0 Å². The SMILES string of the molecule is C/C(=N\NC(=O)CSc1nnc(-c2ccc(C)cc2)n1-c1ccc(C)cc1)c1cccnc1. The zero-order valence-corrected chi connectivity index (χ0v) is 19.5. The van der Waals surface area contributed by atoms with E-state index in [4.69, 9.17) is 0 Å². The van der Waals surface area contributed by atoms with Gasteiger partial charge in [-0.1, -0.05) is 65.4 Å². The van der Waals surface area contributed by atoms with Crippen molar-refractivity contribution in [3.8, 4) is 17.1 Å². The summed E-state index contributed by atoms with van der Waals surface area (Å²) >= 11 is 1.32. The van der Waals surface area contributed by atoms with Crippen LogP contribution in [0.15, 0.2) is 83.3 Å². The molecule has 2 aromatic carbocycles. The molecule has 33 heavy (non-hydrogen) atoms. The fraction of sp³-hybridized carbons (Fsp3) is 0.160. The summed E-state index contributed by atoms with van der Waals surface area (Å²) in [5.74, 6) is 0.660. The number of rotatable bonds is 7. The second kappa shape index (κ2) is 10.2. The maximum atomic E-state index is 12.4. The Morgan fingerprint density at radius 3 is 2.36 bits per heavy atom. The number of carbonyl (C=O) groups excluding carboxylic acids is 1. The van der Waals surface area contributed by atoms with Crippen molar-refractivity contribution >= 4 is 23.4 Å². The molecule has 0 saturated heterocycles. The van der Waals surface area contributed by atoms with Crippen LogP contribution >= 0.6 is 11.8 Å². The highest BCUT2D eigenvalue weighted by molar-refractivity contribution is 7.99. The van der Waals surface area contributed by atoms with E-state index in [-0.39, 0.29) is 11.7 Å². The Balaban J connectivity index is 1.54. The molecule has 166 valence electrons. The molecule has 2 heterocycles. The number of nitrogens with one attached hydrogen (secondary N) is 1. The molecule has 0 saturated carbocycles. The van der Waals surface area contributed by atoms with Gasteiger partial charge in [-0.15, -0.1) is 10.2 Å². The molecular weight excluding hydrogens is 432 g/mol. The molecule has 0 atom stereocenters. The summed E-state index contributed by atoms with van der Waals surface area (Å²) in [5, 5.41) is 13.6. The van der Waals surface area contributed by atoms with E-state index in [2.05, 4.69) is 25.7 Å². The van der Waals surface area contributed by atoms with E-state index in [9.17, 15) is 4.79 Å². The lowest BCUT2D eigenvalue weighted by Gasteiger charge is -2.11. The number of thioether (sulfide) groups is 1. The summed E-state index contributed by atoms with van der Waals surface area (Å²) in [6.07, 6.45) is 3.40. The molecule has 7 nitrogen and oxygen atoms in total. The van der Waals surface area contributed by atoms with Crippen molar-refractivity contribution in [1.29, 1.82) is 0 Å². The highest BCUT2D eigenvalue weighted by Gasteiger charge is 2.17. The number of hydrogen-bond donors (Lipinski definition) is 1. The van der Waals surface area contributed by atoms with E-state index in [0.29, 0.717) is 10.9 Å². The lowest BCUT2D eigenvalue weighted by Crippen LogP contribution is -2.21. The lowest BCUT2D eigenvalue weighted by atomic mass is 10.1. The highest BCUT2D eigenvalue weighted by atomic mass is 32.2. The van der Waals surface area contributed by atoms with Crippen LogP contribution in [0.4, 0.5) is 0 Å². The zero-order valence-electron chi connectivity index (χ0n) is 18.7. The van der Waals surface area contributed by atoms with Crippen molar-refractivity contribution in [1.82, 2.24) is 25.2 Å². The Bertz CT molecular complexity index is 1260. The average molecular weight is 457 g/mol. The second-order valence-electron chi connectivity index (χ2n) is 7.61. The molecule has 4 aromatic rings. The van der Waals surface area contributed by atoms with E-state index in [1.54, 1.807) is 12.4 Å². The fourth-order valence-corrected chi connectivity index (χ4v) is 3.87. The number of benzene rings is 2. The molecule has 0 aliphatic rings. The first-order valence-electron chi connectivity index (χ1n) is 10.5. The molecule has 0 radical (unpaired) electrons. The number of hydrogen-bond acceptors (Lipinski definition) is 6. The minimum absolute atomic E-state index is 0.154. The summed E-state index contributed by atoms with van der Waals surface area (Å²) in [5.41, 5.74) is 8.39. The van der Waals surface area contributed by atoms with Crippen LogP contribution in [0.1, 0.15) is 23.6 Å². The van der Waals surface area contributed by atoms with Gasteiger partial charge in [-0.25, -0.2) is 5.43 Å². The predicted molar refractivity (Wildman–Crippen MR) is 132 cm³/mol. The molecule has 8 heteroatoms. The number of pyridine rings is 1. The van der Waals surface area contributed by atoms with Gasteiger partial charge in [0.2, 0.25) is 0 Å².